The summed E-state index contributed by atoms with van der Waals surface area (Å²) in [6.07, 6.45) is -2.07. The smallest absolute Gasteiger partial charge is 0.422 e. The van der Waals surface area contributed by atoms with Crippen molar-refractivity contribution in [3.8, 4) is 5.75 Å². The van der Waals surface area contributed by atoms with E-state index in [0.717, 1.165) is 38.0 Å². The van der Waals surface area contributed by atoms with Crippen LogP contribution in [0.5, 0.6) is 5.75 Å². The Kier molecular flexibility index (Phi) is 7.77. The molecule has 0 atom stereocenters. The molecule has 5 nitrogen and oxygen atoms in total. The molecule has 0 amide bonds. The average Bonchev–Trinajstić information content (AvgIpc) is 2.62. The monoisotopic (exact) mass is 386 g/mol. The van der Waals surface area contributed by atoms with Crippen LogP contribution < -0.4 is 15.4 Å². The summed E-state index contributed by atoms with van der Waals surface area (Å²) in [5.41, 5.74) is 1.51. The second kappa shape index (κ2) is 9.82. The molecule has 1 aromatic rings. The predicted molar refractivity (Wildman–Crippen MR) is 101 cm³/mol. The lowest BCUT2D eigenvalue weighted by Gasteiger charge is -2.29. The summed E-state index contributed by atoms with van der Waals surface area (Å²) >= 11 is 0. The van der Waals surface area contributed by atoms with Gasteiger partial charge in [-0.3, -0.25) is 4.99 Å². The number of guanidine groups is 1. The van der Waals surface area contributed by atoms with Crippen molar-refractivity contribution in [1.29, 1.82) is 0 Å². The van der Waals surface area contributed by atoms with Gasteiger partial charge in [-0.2, -0.15) is 13.2 Å². The molecule has 2 N–H and O–H groups in total. The summed E-state index contributed by atoms with van der Waals surface area (Å²) in [4.78, 5) is 6.52. The number of hydrogen-bond donors (Lipinski definition) is 2. The van der Waals surface area contributed by atoms with Gasteiger partial charge in [0.1, 0.15) is 5.75 Å². The van der Waals surface area contributed by atoms with Crippen molar-refractivity contribution in [2.45, 2.75) is 32.5 Å². The number of nitrogens with zero attached hydrogens (tertiary/aromatic N) is 2. The van der Waals surface area contributed by atoms with E-state index in [2.05, 4.69) is 27.6 Å². The summed E-state index contributed by atoms with van der Waals surface area (Å²) in [7, 11) is 3.81. The van der Waals surface area contributed by atoms with Gasteiger partial charge in [-0.15, -0.1) is 0 Å². The Balaban J connectivity index is 1.88. The summed E-state index contributed by atoms with van der Waals surface area (Å²) in [6, 6.07) is 5.25. The van der Waals surface area contributed by atoms with Crippen molar-refractivity contribution < 1.29 is 17.9 Å². The fraction of sp³-hybridized carbons (Fsp3) is 0.632. The number of rotatable bonds is 6. The quantitative estimate of drug-likeness (QED) is 0.583. The van der Waals surface area contributed by atoms with Crippen LogP contribution in [0.25, 0.3) is 0 Å². The molecule has 1 fully saturated rings. The Morgan fingerprint density at radius 2 is 1.96 bits per heavy atom. The Labute approximate surface area is 159 Å². The maximum Gasteiger partial charge on any atom is 0.422 e. The van der Waals surface area contributed by atoms with Gasteiger partial charge in [0.2, 0.25) is 0 Å². The van der Waals surface area contributed by atoms with E-state index in [1.54, 1.807) is 19.2 Å². The molecule has 1 aliphatic heterocycles. The largest absolute Gasteiger partial charge is 0.484 e. The Hall–Kier alpha value is -1.96. The van der Waals surface area contributed by atoms with Crippen molar-refractivity contribution in [3.05, 3.63) is 29.3 Å². The van der Waals surface area contributed by atoms with Gasteiger partial charge in [0.25, 0.3) is 0 Å². The van der Waals surface area contributed by atoms with Crippen molar-refractivity contribution in [1.82, 2.24) is 15.5 Å². The lowest BCUT2D eigenvalue weighted by Crippen LogP contribution is -2.42. The second-order valence-electron chi connectivity index (χ2n) is 7.07. The summed E-state index contributed by atoms with van der Waals surface area (Å²) in [6.45, 7) is 3.88. The zero-order valence-electron chi connectivity index (χ0n) is 16.2. The first-order chi connectivity index (χ1) is 12.8. The Morgan fingerprint density at radius 1 is 1.26 bits per heavy atom. The van der Waals surface area contributed by atoms with Crippen LogP contribution in [0.4, 0.5) is 13.2 Å². The minimum absolute atomic E-state index is 0.241. The SMILES string of the molecule is CN=C(NCc1ccc(C)cc1OCC(F)(F)F)NCC1CCN(C)CC1. The molecule has 1 aromatic carbocycles. The van der Waals surface area contributed by atoms with Crippen molar-refractivity contribution in [3.63, 3.8) is 0 Å². The topological polar surface area (TPSA) is 48.9 Å². The lowest BCUT2D eigenvalue weighted by atomic mass is 9.97. The van der Waals surface area contributed by atoms with Gasteiger partial charge in [-0.25, -0.2) is 0 Å². The second-order valence-corrected chi connectivity index (χ2v) is 7.07. The molecule has 0 radical (unpaired) electrons. The van der Waals surface area contributed by atoms with Crippen molar-refractivity contribution in [2.24, 2.45) is 10.9 Å². The first-order valence-electron chi connectivity index (χ1n) is 9.19. The number of halogens is 3. The minimum Gasteiger partial charge on any atom is -0.484 e. The fourth-order valence-corrected chi connectivity index (χ4v) is 3.01. The molecule has 1 heterocycles. The highest BCUT2D eigenvalue weighted by molar-refractivity contribution is 5.79. The van der Waals surface area contributed by atoms with Gasteiger partial charge < -0.3 is 20.3 Å². The van der Waals surface area contributed by atoms with Crippen LogP contribution in [-0.4, -0.2) is 57.4 Å². The van der Waals surface area contributed by atoms with E-state index in [1.165, 1.54) is 0 Å². The minimum atomic E-state index is -4.36. The van der Waals surface area contributed by atoms with Gasteiger partial charge in [0.15, 0.2) is 12.6 Å². The number of aliphatic imine (C=N–C) groups is 1. The van der Waals surface area contributed by atoms with E-state index in [-0.39, 0.29) is 5.75 Å². The molecule has 1 saturated heterocycles. The third-order valence-corrected chi connectivity index (χ3v) is 4.68. The molecule has 0 aliphatic carbocycles. The molecule has 0 saturated carbocycles. The molecule has 152 valence electrons. The van der Waals surface area contributed by atoms with Crippen LogP contribution in [0.3, 0.4) is 0 Å². The van der Waals surface area contributed by atoms with Gasteiger partial charge in [-0.1, -0.05) is 12.1 Å². The van der Waals surface area contributed by atoms with Crippen molar-refractivity contribution >= 4 is 5.96 Å². The number of hydrogen-bond acceptors (Lipinski definition) is 3. The molecule has 0 aromatic heterocycles. The highest BCUT2D eigenvalue weighted by Gasteiger charge is 2.28. The van der Waals surface area contributed by atoms with Gasteiger partial charge in [0, 0.05) is 25.7 Å². The van der Waals surface area contributed by atoms with Crippen molar-refractivity contribution in [2.75, 3.05) is 40.3 Å². The van der Waals surface area contributed by atoms with Crippen LogP contribution in [0.15, 0.2) is 23.2 Å². The number of nitrogens with one attached hydrogen (secondary N) is 2. The highest BCUT2D eigenvalue weighted by Crippen LogP contribution is 2.23. The normalized spacial score (nSPS) is 17.0. The van der Waals surface area contributed by atoms with Gasteiger partial charge in [-0.05, 0) is 57.5 Å². The molecule has 1 aliphatic rings. The number of aryl methyl sites for hydroxylation is 1. The fourth-order valence-electron chi connectivity index (χ4n) is 3.01. The standard InChI is InChI=1S/C19H29F3N4O/c1-14-4-5-16(17(10-14)27-13-19(20,21)22)12-25-18(23-2)24-11-15-6-8-26(3)9-7-15/h4-5,10,15H,6-9,11-13H2,1-3H3,(H2,23,24,25). The summed E-state index contributed by atoms with van der Waals surface area (Å²) < 4.78 is 42.4. The van der Waals surface area contributed by atoms with E-state index in [1.807, 2.05) is 13.0 Å². The number of likely N-dealkylation sites (tertiary alicyclic amines) is 1. The molecule has 27 heavy (non-hydrogen) atoms. The van der Waals surface area contributed by atoms with Crippen LogP contribution in [-0.2, 0) is 6.54 Å². The molecular weight excluding hydrogens is 357 g/mol. The van der Waals surface area contributed by atoms with E-state index in [0.29, 0.717) is 24.0 Å². The first-order valence-corrected chi connectivity index (χ1v) is 9.19. The third kappa shape index (κ3) is 7.66. The third-order valence-electron chi connectivity index (χ3n) is 4.68. The number of benzene rings is 1. The predicted octanol–water partition coefficient (Wildman–Crippen LogP) is 2.94. The van der Waals surface area contributed by atoms with E-state index in [4.69, 9.17) is 4.74 Å². The average molecular weight is 386 g/mol. The first kappa shape index (κ1) is 21.3. The van der Waals surface area contributed by atoms with E-state index in [9.17, 15) is 13.2 Å². The molecule has 0 bridgehead atoms. The molecule has 2 rings (SSSR count). The Morgan fingerprint density at radius 3 is 2.59 bits per heavy atom. The zero-order chi connectivity index (χ0) is 19.9. The lowest BCUT2D eigenvalue weighted by molar-refractivity contribution is -0.153. The van der Waals surface area contributed by atoms with E-state index < -0.39 is 12.8 Å². The van der Waals surface area contributed by atoms with Crippen LogP contribution in [0, 0.1) is 12.8 Å². The van der Waals surface area contributed by atoms with Crippen LogP contribution in [0.2, 0.25) is 0 Å². The number of alkyl halides is 3. The van der Waals surface area contributed by atoms with Gasteiger partial charge in [0.05, 0.1) is 0 Å². The molecule has 0 unspecified atom stereocenters. The maximum absolute atomic E-state index is 12.5. The van der Waals surface area contributed by atoms with Gasteiger partial charge >= 0.3 is 6.18 Å². The maximum atomic E-state index is 12.5. The van der Waals surface area contributed by atoms with E-state index >= 15 is 0 Å². The van der Waals surface area contributed by atoms with Crippen LogP contribution >= 0.6 is 0 Å². The van der Waals surface area contributed by atoms with Crippen LogP contribution in [0.1, 0.15) is 24.0 Å². The molecule has 8 heteroatoms. The molecule has 0 spiro atoms. The highest BCUT2D eigenvalue weighted by atomic mass is 19.4. The number of ether oxygens (including phenoxy) is 1. The zero-order valence-corrected chi connectivity index (χ0v) is 16.2. The number of piperidine rings is 1. The Bertz CT molecular complexity index is 626. The molecular formula is C19H29F3N4O. The summed E-state index contributed by atoms with van der Waals surface area (Å²) in [5, 5.41) is 6.47. The summed E-state index contributed by atoms with van der Waals surface area (Å²) in [5.74, 6) is 1.48.